The first-order valence-electron chi connectivity index (χ1n) is 9.51. The SMILES string of the molecule is CCCn1c(CN(Cc2ccc(F)cc2)C(=O)c2ccsc2)nc2cccnc21. The molecule has 0 atom stereocenters. The number of thiophene rings is 1. The van der Waals surface area contributed by atoms with E-state index in [0.29, 0.717) is 18.7 Å². The van der Waals surface area contributed by atoms with E-state index in [9.17, 15) is 9.18 Å². The Hall–Kier alpha value is -3.06. The number of carbonyl (C=O) groups excluding carboxylic acids is 1. The number of rotatable bonds is 7. The van der Waals surface area contributed by atoms with E-state index in [1.807, 2.05) is 29.0 Å². The Labute approximate surface area is 172 Å². The zero-order valence-electron chi connectivity index (χ0n) is 16.1. The molecule has 0 spiro atoms. The van der Waals surface area contributed by atoms with Crippen LogP contribution in [0.3, 0.4) is 0 Å². The van der Waals surface area contributed by atoms with Crippen molar-refractivity contribution < 1.29 is 9.18 Å². The smallest absolute Gasteiger partial charge is 0.255 e. The minimum atomic E-state index is -0.291. The number of halogens is 1. The van der Waals surface area contributed by atoms with Crippen LogP contribution in [0.4, 0.5) is 4.39 Å². The number of amides is 1. The molecule has 1 amide bonds. The predicted molar refractivity (Wildman–Crippen MR) is 112 cm³/mol. The van der Waals surface area contributed by atoms with Gasteiger partial charge in [-0.15, -0.1) is 0 Å². The van der Waals surface area contributed by atoms with Crippen LogP contribution in [0.1, 0.15) is 35.1 Å². The van der Waals surface area contributed by atoms with Crippen molar-refractivity contribution in [2.24, 2.45) is 0 Å². The summed E-state index contributed by atoms with van der Waals surface area (Å²) in [5.41, 5.74) is 3.16. The molecule has 4 aromatic rings. The van der Waals surface area contributed by atoms with Crippen LogP contribution in [0, 0.1) is 5.82 Å². The highest BCUT2D eigenvalue weighted by Gasteiger charge is 2.21. The predicted octanol–water partition coefficient (Wildman–Crippen LogP) is 4.88. The lowest BCUT2D eigenvalue weighted by Crippen LogP contribution is -2.31. The van der Waals surface area contributed by atoms with Crippen LogP contribution in [0.2, 0.25) is 0 Å². The maximum Gasteiger partial charge on any atom is 0.255 e. The third-order valence-corrected chi connectivity index (χ3v) is 5.39. The quantitative estimate of drug-likeness (QED) is 0.438. The Kier molecular flexibility index (Phi) is 5.67. The fraction of sp³-hybridized carbons (Fsp3) is 0.227. The molecule has 3 aromatic heterocycles. The first-order valence-corrected chi connectivity index (χ1v) is 10.5. The summed E-state index contributed by atoms with van der Waals surface area (Å²) in [6.45, 7) is 3.60. The number of fused-ring (bicyclic) bond motifs is 1. The van der Waals surface area contributed by atoms with E-state index in [0.717, 1.165) is 35.5 Å². The van der Waals surface area contributed by atoms with E-state index in [4.69, 9.17) is 4.98 Å². The number of aryl methyl sites for hydroxylation is 1. The number of hydrogen-bond donors (Lipinski definition) is 0. The fourth-order valence-electron chi connectivity index (χ4n) is 3.33. The van der Waals surface area contributed by atoms with E-state index in [-0.39, 0.29) is 11.7 Å². The highest BCUT2D eigenvalue weighted by Crippen LogP contribution is 2.20. The molecule has 0 aliphatic rings. The van der Waals surface area contributed by atoms with Gasteiger partial charge in [0.15, 0.2) is 5.65 Å². The van der Waals surface area contributed by atoms with E-state index in [1.165, 1.54) is 23.5 Å². The summed E-state index contributed by atoms with van der Waals surface area (Å²) in [5, 5.41) is 3.73. The van der Waals surface area contributed by atoms with E-state index in [2.05, 4.69) is 16.5 Å². The van der Waals surface area contributed by atoms with Crippen LogP contribution in [-0.2, 0) is 19.6 Å². The number of imidazole rings is 1. The molecule has 3 heterocycles. The van der Waals surface area contributed by atoms with Crippen LogP contribution < -0.4 is 0 Å². The number of aromatic nitrogens is 3. The minimum Gasteiger partial charge on any atom is -0.327 e. The second kappa shape index (κ2) is 8.53. The number of benzene rings is 1. The van der Waals surface area contributed by atoms with E-state index >= 15 is 0 Å². The Morgan fingerprint density at radius 1 is 1.17 bits per heavy atom. The molecule has 7 heteroatoms. The second-order valence-electron chi connectivity index (χ2n) is 6.83. The fourth-order valence-corrected chi connectivity index (χ4v) is 3.96. The molecule has 5 nitrogen and oxygen atoms in total. The van der Waals surface area contributed by atoms with Gasteiger partial charge in [0.05, 0.1) is 12.1 Å². The highest BCUT2D eigenvalue weighted by atomic mass is 32.1. The first kappa shape index (κ1) is 19.3. The summed E-state index contributed by atoms with van der Waals surface area (Å²) >= 11 is 1.49. The topological polar surface area (TPSA) is 51.0 Å². The monoisotopic (exact) mass is 408 g/mol. The van der Waals surface area contributed by atoms with Gasteiger partial charge in [0, 0.05) is 24.7 Å². The summed E-state index contributed by atoms with van der Waals surface area (Å²) in [7, 11) is 0. The molecule has 0 N–H and O–H groups in total. The van der Waals surface area contributed by atoms with Crippen LogP contribution in [0.5, 0.6) is 0 Å². The normalized spacial score (nSPS) is 11.1. The molecular weight excluding hydrogens is 387 g/mol. The third kappa shape index (κ3) is 4.19. The average molecular weight is 409 g/mol. The molecule has 1 aromatic carbocycles. The molecule has 0 saturated carbocycles. The summed E-state index contributed by atoms with van der Waals surface area (Å²) in [4.78, 5) is 24.1. The molecule has 0 unspecified atom stereocenters. The second-order valence-corrected chi connectivity index (χ2v) is 7.61. The molecule has 29 heavy (non-hydrogen) atoms. The van der Waals surface area contributed by atoms with Crippen LogP contribution in [0.25, 0.3) is 11.2 Å². The lowest BCUT2D eigenvalue weighted by Gasteiger charge is -2.23. The van der Waals surface area contributed by atoms with Crippen molar-refractivity contribution in [2.45, 2.75) is 33.0 Å². The first-order chi connectivity index (χ1) is 14.2. The number of nitrogens with zero attached hydrogens (tertiary/aromatic N) is 4. The van der Waals surface area contributed by atoms with Gasteiger partial charge >= 0.3 is 0 Å². The van der Waals surface area contributed by atoms with Gasteiger partial charge in [-0.25, -0.2) is 14.4 Å². The standard InChI is InChI=1S/C22H21FN4OS/c1-2-11-27-20(25-19-4-3-10-24-21(19)27)14-26(22(28)17-9-12-29-15-17)13-16-5-7-18(23)8-6-16/h3-10,12,15H,2,11,13-14H2,1H3. The van der Waals surface area contributed by atoms with Crippen molar-refractivity contribution in [1.29, 1.82) is 0 Å². The number of carbonyl (C=O) groups is 1. The Balaban J connectivity index is 1.69. The molecule has 0 fully saturated rings. The molecule has 0 bridgehead atoms. The van der Waals surface area contributed by atoms with E-state index in [1.54, 1.807) is 23.2 Å². The lowest BCUT2D eigenvalue weighted by atomic mass is 10.2. The molecule has 148 valence electrons. The minimum absolute atomic E-state index is 0.0707. The summed E-state index contributed by atoms with van der Waals surface area (Å²) in [5.74, 6) is 0.435. The Morgan fingerprint density at radius 3 is 2.72 bits per heavy atom. The maximum atomic E-state index is 13.3. The molecule has 0 saturated heterocycles. The van der Waals surface area contributed by atoms with Crippen LogP contribution in [-0.4, -0.2) is 25.3 Å². The molecule has 0 radical (unpaired) electrons. The van der Waals surface area contributed by atoms with Crippen molar-refractivity contribution in [2.75, 3.05) is 0 Å². The Morgan fingerprint density at radius 2 is 2.00 bits per heavy atom. The summed E-state index contributed by atoms with van der Waals surface area (Å²) in [6, 6.07) is 11.9. The van der Waals surface area contributed by atoms with Gasteiger partial charge < -0.3 is 9.47 Å². The van der Waals surface area contributed by atoms with Gasteiger partial charge in [0.1, 0.15) is 17.2 Å². The molecule has 0 aliphatic heterocycles. The molecular formula is C22H21FN4OS. The lowest BCUT2D eigenvalue weighted by molar-refractivity contribution is 0.0724. The Bertz CT molecular complexity index is 1110. The van der Waals surface area contributed by atoms with Gasteiger partial charge in [0.25, 0.3) is 5.91 Å². The van der Waals surface area contributed by atoms with Crippen molar-refractivity contribution in [3.8, 4) is 0 Å². The van der Waals surface area contributed by atoms with Crippen molar-refractivity contribution in [3.63, 3.8) is 0 Å². The number of pyridine rings is 1. The highest BCUT2D eigenvalue weighted by molar-refractivity contribution is 7.08. The third-order valence-electron chi connectivity index (χ3n) is 4.70. The number of hydrogen-bond acceptors (Lipinski definition) is 4. The maximum absolute atomic E-state index is 13.3. The summed E-state index contributed by atoms with van der Waals surface area (Å²) < 4.78 is 15.4. The van der Waals surface area contributed by atoms with Gasteiger partial charge in [-0.05, 0) is 47.7 Å². The van der Waals surface area contributed by atoms with Crippen molar-refractivity contribution >= 4 is 28.4 Å². The zero-order valence-corrected chi connectivity index (χ0v) is 16.9. The van der Waals surface area contributed by atoms with Crippen LogP contribution in [0.15, 0.2) is 59.4 Å². The van der Waals surface area contributed by atoms with Gasteiger partial charge in [0.2, 0.25) is 0 Å². The van der Waals surface area contributed by atoms with Crippen molar-refractivity contribution in [1.82, 2.24) is 19.4 Å². The molecule has 0 aliphatic carbocycles. The van der Waals surface area contributed by atoms with Crippen molar-refractivity contribution in [3.05, 3.63) is 82.2 Å². The van der Waals surface area contributed by atoms with Gasteiger partial charge in [-0.2, -0.15) is 11.3 Å². The van der Waals surface area contributed by atoms with Gasteiger partial charge in [-0.3, -0.25) is 4.79 Å². The van der Waals surface area contributed by atoms with Crippen LogP contribution >= 0.6 is 11.3 Å². The zero-order chi connectivity index (χ0) is 20.2. The summed E-state index contributed by atoms with van der Waals surface area (Å²) in [6.07, 6.45) is 2.69. The largest absolute Gasteiger partial charge is 0.327 e. The van der Waals surface area contributed by atoms with Gasteiger partial charge in [-0.1, -0.05) is 19.1 Å². The average Bonchev–Trinajstić information content (AvgIpc) is 3.38. The molecule has 4 rings (SSSR count). The van der Waals surface area contributed by atoms with E-state index < -0.39 is 0 Å².